The lowest BCUT2D eigenvalue weighted by molar-refractivity contribution is 0.0990. The first kappa shape index (κ1) is 30.6. The van der Waals surface area contributed by atoms with Crippen molar-refractivity contribution in [3.8, 4) is 28.3 Å². The summed E-state index contributed by atoms with van der Waals surface area (Å²) in [5, 5.41) is 4.30. The smallest absolute Gasteiger partial charge is 0.266 e. The van der Waals surface area contributed by atoms with Crippen LogP contribution < -0.4 is 10.3 Å². The summed E-state index contributed by atoms with van der Waals surface area (Å²) >= 11 is 0. The summed E-state index contributed by atoms with van der Waals surface area (Å²) in [6, 6.07) is 21.0. The van der Waals surface area contributed by atoms with E-state index in [4.69, 9.17) is 4.74 Å². The van der Waals surface area contributed by atoms with Crippen LogP contribution in [0.25, 0.3) is 22.3 Å². The SMILES string of the molecule is CCS(=O)(=O)c1cccc(-c2ccn3nccc(Oc4ccc(CC(=O)c5c(C)ccn(-c6ccc(F)cc6)c5=O)cc4F)c23)c1. The Bertz CT molecular complexity index is 2290. The van der Waals surface area contributed by atoms with Crippen LogP contribution in [-0.2, 0) is 16.3 Å². The van der Waals surface area contributed by atoms with Crippen molar-refractivity contribution in [2.75, 3.05) is 5.75 Å². The Hall–Kier alpha value is -5.42. The Morgan fingerprint density at radius 1 is 0.913 bits per heavy atom. The zero-order valence-electron chi connectivity index (χ0n) is 24.8. The number of carbonyl (C=O) groups excluding carboxylic acids is 1. The van der Waals surface area contributed by atoms with Crippen LogP contribution in [0.15, 0.2) is 113 Å². The Labute approximate surface area is 263 Å². The minimum Gasteiger partial charge on any atom is -0.452 e. The van der Waals surface area contributed by atoms with Crippen molar-refractivity contribution in [3.05, 3.63) is 142 Å². The zero-order valence-corrected chi connectivity index (χ0v) is 25.6. The van der Waals surface area contributed by atoms with Gasteiger partial charge in [-0.2, -0.15) is 5.10 Å². The maximum absolute atomic E-state index is 15.4. The second-order valence-corrected chi connectivity index (χ2v) is 12.9. The second kappa shape index (κ2) is 12.2. The third-order valence-electron chi connectivity index (χ3n) is 7.67. The molecule has 46 heavy (non-hydrogen) atoms. The van der Waals surface area contributed by atoms with Crippen molar-refractivity contribution in [2.45, 2.75) is 25.2 Å². The molecule has 0 N–H and O–H groups in total. The molecule has 232 valence electrons. The van der Waals surface area contributed by atoms with E-state index < -0.39 is 32.8 Å². The molecule has 0 aliphatic heterocycles. The normalized spacial score (nSPS) is 11.6. The van der Waals surface area contributed by atoms with Crippen molar-refractivity contribution < 1.29 is 26.7 Å². The molecule has 0 radical (unpaired) electrons. The number of pyridine rings is 1. The van der Waals surface area contributed by atoms with Gasteiger partial charge in [-0.1, -0.05) is 25.1 Å². The van der Waals surface area contributed by atoms with Gasteiger partial charge < -0.3 is 4.74 Å². The molecule has 6 rings (SSSR count). The van der Waals surface area contributed by atoms with Crippen LogP contribution in [0.1, 0.15) is 28.4 Å². The molecule has 0 saturated heterocycles. The topological polar surface area (TPSA) is 99.7 Å². The molecule has 0 bridgehead atoms. The lowest BCUT2D eigenvalue weighted by Gasteiger charge is -2.12. The molecule has 8 nitrogen and oxygen atoms in total. The maximum atomic E-state index is 15.4. The van der Waals surface area contributed by atoms with Crippen LogP contribution in [0.2, 0.25) is 0 Å². The number of carbonyl (C=O) groups is 1. The molecule has 0 fully saturated rings. The first-order valence-corrected chi connectivity index (χ1v) is 16.0. The van der Waals surface area contributed by atoms with Gasteiger partial charge >= 0.3 is 0 Å². The van der Waals surface area contributed by atoms with Crippen molar-refractivity contribution in [1.29, 1.82) is 0 Å². The number of ketones is 1. The molecule has 3 aromatic heterocycles. The minimum atomic E-state index is -3.44. The summed E-state index contributed by atoms with van der Waals surface area (Å²) in [5.74, 6) is -1.53. The van der Waals surface area contributed by atoms with E-state index >= 15 is 4.39 Å². The Morgan fingerprint density at radius 2 is 1.70 bits per heavy atom. The number of rotatable bonds is 9. The number of hydrogen-bond donors (Lipinski definition) is 0. The lowest BCUT2D eigenvalue weighted by atomic mass is 10.0. The summed E-state index contributed by atoms with van der Waals surface area (Å²) in [4.78, 5) is 26.7. The average Bonchev–Trinajstić information content (AvgIpc) is 3.48. The summed E-state index contributed by atoms with van der Waals surface area (Å²) in [6.07, 6.45) is 4.47. The highest BCUT2D eigenvalue weighted by atomic mass is 32.2. The van der Waals surface area contributed by atoms with Crippen LogP contribution in [0.3, 0.4) is 0 Å². The van der Waals surface area contributed by atoms with Gasteiger partial charge in [0.15, 0.2) is 32.9 Å². The van der Waals surface area contributed by atoms with E-state index in [0.717, 1.165) is 0 Å². The molecule has 0 aliphatic carbocycles. The number of hydrogen-bond acceptors (Lipinski definition) is 6. The fourth-order valence-electron chi connectivity index (χ4n) is 5.25. The first-order chi connectivity index (χ1) is 22.1. The standard InChI is InChI=1S/C35H27F2N3O5S/c1-3-46(43,44)27-6-4-5-24(21-27)28-15-18-40-34(28)32(13-16-38-40)45-31-12-7-23(19-29(31)37)20-30(41)33-22(2)14-17-39(35(33)42)26-10-8-25(36)9-11-26/h4-19,21H,3,20H2,1-2H3. The van der Waals surface area contributed by atoms with Crippen LogP contribution in [0.4, 0.5) is 8.78 Å². The van der Waals surface area contributed by atoms with Gasteiger partial charge in [-0.05, 0) is 84.3 Å². The number of benzene rings is 3. The fraction of sp³-hybridized carbons (Fsp3) is 0.114. The van der Waals surface area contributed by atoms with Crippen LogP contribution >= 0.6 is 0 Å². The minimum absolute atomic E-state index is 0.0386. The Balaban J connectivity index is 1.28. The molecule has 11 heteroatoms. The number of nitrogens with zero attached hydrogens (tertiary/aromatic N) is 3. The fourth-order valence-corrected chi connectivity index (χ4v) is 6.18. The quantitative estimate of drug-likeness (QED) is 0.162. The Kier molecular flexibility index (Phi) is 8.09. The van der Waals surface area contributed by atoms with Crippen molar-refractivity contribution in [2.24, 2.45) is 0 Å². The highest BCUT2D eigenvalue weighted by Crippen LogP contribution is 2.36. The third-order valence-corrected chi connectivity index (χ3v) is 9.40. The van der Waals surface area contributed by atoms with Gasteiger partial charge in [-0.3, -0.25) is 14.2 Å². The van der Waals surface area contributed by atoms with E-state index in [9.17, 15) is 22.4 Å². The Morgan fingerprint density at radius 3 is 2.43 bits per heavy atom. The number of aryl methyl sites for hydroxylation is 1. The predicted molar refractivity (Wildman–Crippen MR) is 170 cm³/mol. The highest BCUT2D eigenvalue weighted by Gasteiger charge is 2.20. The highest BCUT2D eigenvalue weighted by molar-refractivity contribution is 7.91. The van der Waals surface area contributed by atoms with Crippen molar-refractivity contribution >= 4 is 21.1 Å². The number of Topliss-reactive ketones (excluding diaryl/α,β-unsaturated/α-hetero) is 1. The summed E-state index contributed by atoms with van der Waals surface area (Å²) < 4.78 is 62.6. The van der Waals surface area contributed by atoms with Crippen molar-refractivity contribution in [3.63, 3.8) is 0 Å². The molecular formula is C35H27F2N3O5S. The van der Waals surface area contributed by atoms with Gasteiger partial charge in [0.25, 0.3) is 5.56 Å². The number of aromatic nitrogens is 3. The average molecular weight is 640 g/mol. The molecule has 0 amide bonds. The number of fused-ring (bicyclic) bond motifs is 1. The monoisotopic (exact) mass is 639 g/mol. The van der Waals surface area contributed by atoms with Crippen LogP contribution in [0.5, 0.6) is 11.5 Å². The zero-order chi connectivity index (χ0) is 32.6. The molecule has 0 aliphatic rings. The van der Waals surface area contributed by atoms with E-state index in [0.29, 0.717) is 33.5 Å². The molecular weight excluding hydrogens is 612 g/mol. The molecule has 0 spiro atoms. The molecule has 0 unspecified atom stereocenters. The first-order valence-electron chi connectivity index (χ1n) is 14.3. The summed E-state index contributed by atoms with van der Waals surface area (Å²) in [7, 11) is -3.44. The summed E-state index contributed by atoms with van der Waals surface area (Å²) in [5.41, 5.74) is 2.39. The second-order valence-electron chi connectivity index (χ2n) is 10.6. The number of halogens is 2. The number of sulfone groups is 1. The number of ether oxygens (including phenoxy) is 1. The third kappa shape index (κ3) is 5.84. The van der Waals surface area contributed by atoms with Gasteiger partial charge in [0.2, 0.25) is 0 Å². The predicted octanol–water partition coefficient (Wildman–Crippen LogP) is 6.75. The van der Waals surface area contributed by atoms with E-state index in [1.54, 1.807) is 67.0 Å². The van der Waals surface area contributed by atoms with Gasteiger partial charge in [0, 0.05) is 36.1 Å². The van der Waals surface area contributed by atoms with E-state index in [1.165, 1.54) is 59.4 Å². The van der Waals surface area contributed by atoms with Gasteiger partial charge in [0.1, 0.15) is 11.3 Å². The molecule has 0 atom stereocenters. The van der Waals surface area contributed by atoms with E-state index in [-0.39, 0.29) is 34.1 Å². The van der Waals surface area contributed by atoms with Crippen LogP contribution in [0, 0.1) is 18.6 Å². The van der Waals surface area contributed by atoms with E-state index in [2.05, 4.69) is 5.10 Å². The van der Waals surface area contributed by atoms with Crippen LogP contribution in [-0.4, -0.2) is 34.1 Å². The summed E-state index contributed by atoms with van der Waals surface area (Å²) in [6.45, 7) is 3.22. The van der Waals surface area contributed by atoms with Gasteiger partial charge in [0.05, 0.1) is 22.4 Å². The van der Waals surface area contributed by atoms with Gasteiger partial charge in [-0.25, -0.2) is 21.7 Å². The lowest BCUT2D eigenvalue weighted by Crippen LogP contribution is -2.27. The van der Waals surface area contributed by atoms with E-state index in [1.807, 2.05) is 0 Å². The largest absolute Gasteiger partial charge is 0.452 e. The maximum Gasteiger partial charge on any atom is 0.266 e. The van der Waals surface area contributed by atoms with Gasteiger partial charge in [-0.15, -0.1) is 0 Å². The molecule has 0 saturated carbocycles. The molecule has 3 heterocycles. The molecule has 6 aromatic rings. The molecule has 3 aromatic carbocycles. The van der Waals surface area contributed by atoms with Crippen molar-refractivity contribution in [1.82, 2.24) is 14.2 Å².